The quantitative estimate of drug-likeness (QED) is 0.0729. The van der Waals surface area contributed by atoms with E-state index in [2.05, 4.69) is 102 Å². The highest BCUT2D eigenvalue weighted by Crippen LogP contribution is 2.63. The van der Waals surface area contributed by atoms with Crippen molar-refractivity contribution in [1.29, 1.82) is 0 Å². The summed E-state index contributed by atoms with van der Waals surface area (Å²) in [5.41, 5.74) is 9.48. The van der Waals surface area contributed by atoms with Gasteiger partial charge in [-0.15, -0.1) is 0 Å². The first-order valence-corrected chi connectivity index (χ1v) is 35.4. The third-order valence-corrected chi connectivity index (χ3v) is 20.3. The lowest BCUT2D eigenvalue weighted by Gasteiger charge is -2.53. The molecule has 0 amide bonds. The van der Waals surface area contributed by atoms with Crippen molar-refractivity contribution in [2.45, 2.75) is 203 Å². The molecule has 0 radical (unpaired) electrons. The maximum absolute atomic E-state index is 12.5. The van der Waals surface area contributed by atoms with E-state index in [9.17, 15) is 25.5 Å². The maximum atomic E-state index is 12.5. The van der Waals surface area contributed by atoms with Gasteiger partial charge in [-0.25, -0.2) is 0 Å². The molecule has 6 fully saturated rings. The SMILES string of the molecule is CC[C@H]1OC(O)(c2ccc(Cl)c(Cc3ccc(C4CCC5(CC5)C4)cc3)c2)[C@H](O[Si](C)(C)C)[C@@H](O[Si](C)(C)C)[C@@H]1C.COC1(c2ccc(Cl)c(Cc3ccc(C4CCC5(CC5)C4)cc3)c2)O[C@H](CO)[C@@H](O)[C@H](O)[C@H]1O. The number of benzene rings is 4. The van der Waals surface area contributed by atoms with E-state index in [0.29, 0.717) is 56.7 Å². The van der Waals surface area contributed by atoms with E-state index in [1.807, 2.05) is 18.2 Å². The summed E-state index contributed by atoms with van der Waals surface area (Å²) in [5, 5.41) is 54.7. The van der Waals surface area contributed by atoms with Gasteiger partial charge in [0.25, 0.3) is 0 Å². The molecular weight excluding hydrogens is 1020 g/mol. The summed E-state index contributed by atoms with van der Waals surface area (Å²) in [5.74, 6) is -1.93. The van der Waals surface area contributed by atoms with Gasteiger partial charge in [0.05, 0.1) is 18.8 Å². The average Bonchev–Trinajstić information content (AvgIpc) is 4.24. The zero-order chi connectivity index (χ0) is 53.9. The lowest BCUT2D eigenvalue weighted by molar-refractivity contribution is -0.366. The Morgan fingerprint density at radius 1 is 0.627 bits per heavy atom. The summed E-state index contributed by atoms with van der Waals surface area (Å²) in [7, 11) is -2.68. The largest absolute Gasteiger partial charge is 0.412 e. The summed E-state index contributed by atoms with van der Waals surface area (Å²) in [6.45, 7) is 16.8. The topological polar surface area (TPSA) is 147 Å². The lowest BCUT2D eigenvalue weighted by atomic mass is 9.82. The van der Waals surface area contributed by atoms with Crippen LogP contribution < -0.4 is 0 Å². The highest BCUT2D eigenvalue weighted by atomic mass is 35.5. The van der Waals surface area contributed by atoms with Crippen molar-refractivity contribution in [3.05, 3.63) is 139 Å². The molecule has 0 bridgehead atoms. The van der Waals surface area contributed by atoms with Crippen LogP contribution in [0.1, 0.15) is 141 Å². The molecule has 410 valence electrons. The summed E-state index contributed by atoms with van der Waals surface area (Å²) in [4.78, 5) is 0. The normalized spacial score (nSPS) is 32.9. The van der Waals surface area contributed by atoms with Crippen molar-refractivity contribution in [2.24, 2.45) is 16.7 Å². The second-order valence-electron chi connectivity index (χ2n) is 25.4. The Morgan fingerprint density at radius 3 is 1.53 bits per heavy atom. The minimum Gasteiger partial charge on any atom is -0.412 e. The minimum atomic E-state index is -2.08. The summed E-state index contributed by atoms with van der Waals surface area (Å²) < 4.78 is 31.6. The van der Waals surface area contributed by atoms with Gasteiger partial charge in [0, 0.05) is 34.2 Å². The third kappa shape index (κ3) is 12.5. The van der Waals surface area contributed by atoms with E-state index < -0.39 is 65.3 Å². The fraction of sp³-hybridized carbons (Fsp3) is 0.607. The molecule has 10 nitrogen and oxygen atoms in total. The summed E-state index contributed by atoms with van der Waals surface area (Å²) >= 11 is 13.3. The standard InChI is InChI=1S/C34H51ClO4Si2.C27H33ClO6/c1-9-30-23(2)31(38-40(3,4)5)32(39-41(6,7)8)34(36,37-30)28-14-15-29(35)27(21-28)20-24-10-12-25(13-11-24)26-16-17-33(22-26)18-19-33;1-33-27(25(32)24(31)23(30)22(15-29)34-27)20-6-7-21(28)19(13-20)12-16-2-4-17(5-3-16)18-8-9-26(14-18)10-11-26/h10-15,21,23,26,30-32,36H,9,16-20,22H2,1-8H3;2-7,13,18,22-25,29-32H,8-12,14-15H2,1H3/t23-,26?,30-,31+,32-,34?;18?,22-,23-,24+,25-,27?/m11/s1. The highest BCUT2D eigenvalue weighted by Gasteiger charge is 2.58. The Hall–Kier alpha value is -2.51. The maximum Gasteiger partial charge on any atom is 0.224 e. The van der Waals surface area contributed by atoms with Crippen LogP contribution in [0.15, 0.2) is 84.9 Å². The molecule has 75 heavy (non-hydrogen) atoms. The molecule has 14 heteroatoms. The van der Waals surface area contributed by atoms with Crippen LogP contribution in [0.25, 0.3) is 0 Å². The molecule has 4 saturated carbocycles. The van der Waals surface area contributed by atoms with Crippen LogP contribution in [0.3, 0.4) is 0 Å². The van der Waals surface area contributed by atoms with E-state index in [-0.39, 0.29) is 18.1 Å². The van der Waals surface area contributed by atoms with Gasteiger partial charge in [0.1, 0.15) is 30.5 Å². The average molecular weight is 1100 g/mol. The van der Waals surface area contributed by atoms with Crippen molar-refractivity contribution in [3.63, 3.8) is 0 Å². The molecule has 4 aromatic rings. The number of aliphatic hydroxyl groups is 5. The number of aliphatic hydroxyl groups excluding tert-OH is 4. The molecule has 2 heterocycles. The number of hydrogen-bond donors (Lipinski definition) is 5. The Morgan fingerprint density at radius 2 is 1.11 bits per heavy atom. The van der Waals surface area contributed by atoms with E-state index in [0.717, 1.165) is 23.1 Å². The summed E-state index contributed by atoms with van der Waals surface area (Å²) in [6.07, 6.45) is 9.02. The molecule has 4 aromatic carbocycles. The van der Waals surface area contributed by atoms with Crippen molar-refractivity contribution >= 4 is 39.8 Å². The second kappa shape index (κ2) is 22.2. The van der Waals surface area contributed by atoms with Gasteiger partial charge in [-0.3, -0.25) is 0 Å². The number of ether oxygens (including phenoxy) is 3. The predicted molar refractivity (Wildman–Crippen MR) is 301 cm³/mol. The van der Waals surface area contributed by atoms with Crippen LogP contribution in [-0.2, 0) is 47.5 Å². The molecule has 2 saturated heterocycles. The third-order valence-electron chi connectivity index (χ3n) is 17.7. The fourth-order valence-electron chi connectivity index (χ4n) is 12.9. The first-order valence-electron chi connectivity index (χ1n) is 27.8. The molecule has 10 rings (SSSR count). The number of hydrogen-bond acceptors (Lipinski definition) is 10. The molecule has 2 spiro atoms. The van der Waals surface area contributed by atoms with E-state index in [4.69, 9.17) is 46.3 Å². The highest BCUT2D eigenvalue weighted by molar-refractivity contribution is 6.70. The van der Waals surface area contributed by atoms with Gasteiger partial charge in [0.2, 0.25) is 11.6 Å². The van der Waals surface area contributed by atoms with Gasteiger partial charge >= 0.3 is 0 Å². The number of rotatable bonds is 15. The van der Waals surface area contributed by atoms with Crippen LogP contribution in [0.5, 0.6) is 0 Å². The Kier molecular flexibility index (Phi) is 16.9. The molecule has 2 aliphatic heterocycles. The van der Waals surface area contributed by atoms with Gasteiger partial charge in [-0.05, 0) is 203 Å². The smallest absolute Gasteiger partial charge is 0.224 e. The molecule has 5 N–H and O–H groups in total. The zero-order valence-corrected chi connectivity index (χ0v) is 49.3. The first kappa shape index (κ1) is 57.2. The van der Waals surface area contributed by atoms with Crippen molar-refractivity contribution in [1.82, 2.24) is 0 Å². The Balaban J connectivity index is 0.000000187. The van der Waals surface area contributed by atoms with Gasteiger partial charge < -0.3 is 48.6 Å². The predicted octanol–water partition coefficient (Wildman–Crippen LogP) is 12.3. The Bertz CT molecular complexity index is 2590. The van der Waals surface area contributed by atoms with Crippen LogP contribution in [0, 0.1) is 16.7 Å². The van der Waals surface area contributed by atoms with Gasteiger partial charge in [-0.1, -0.05) is 97.7 Å². The fourth-order valence-corrected chi connectivity index (χ4v) is 15.5. The minimum absolute atomic E-state index is 0.0910. The second-order valence-corrected chi connectivity index (χ2v) is 35.2. The first-order chi connectivity index (χ1) is 35.4. The van der Waals surface area contributed by atoms with E-state index in [1.54, 1.807) is 18.2 Å². The van der Waals surface area contributed by atoms with Gasteiger partial charge in [0.15, 0.2) is 16.6 Å². The summed E-state index contributed by atoms with van der Waals surface area (Å²) in [6, 6.07) is 28.9. The molecular formula is C61H84Cl2O10Si2. The Labute approximate surface area is 458 Å². The van der Waals surface area contributed by atoms with Crippen molar-refractivity contribution < 1.29 is 48.6 Å². The van der Waals surface area contributed by atoms with Crippen LogP contribution in [0.4, 0.5) is 0 Å². The van der Waals surface area contributed by atoms with Crippen molar-refractivity contribution in [3.8, 4) is 0 Å². The number of halogens is 2. The van der Waals surface area contributed by atoms with Crippen LogP contribution in [0.2, 0.25) is 49.3 Å². The lowest BCUT2D eigenvalue weighted by Crippen LogP contribution is -2.64. The molecule has 4 aliphatic carbocycles. The van der Waals surface area contributed by atoms with E-state index >= 15 is 0 Å². The molecule has 0 aromatic heterocycles. The van der Waals surface area contributed by atoms with Gasteiger partial charge in [-0.2, -0.15) is 0 Å². The van der Waals surface area contributed by atoms with E-state index in [1.165, 1.54) is 88.0 Å². The zero-order valence-electron chi connectivity index (χ0n) is 45.8. The molecule has 6 aliphatic rings. The van der Waals surface area contributed by atoms with Crippen LogP contribution >= 0.6 is 23.2 Å². The monoisotopic (exact) mass is 1100 g/mol. The van der Waals surface area contributed by atoms with Crippen LogP contribution in [-0.4, -0.2) is 98.6 Å². The number of methoxy groups -OCH3 is 1. The van der Waals surface area contributed by atoms with Crippen molar-refractivity contribution in [2.75, 3.05) is 13.7 Å². The molecule has 12 atom stereocenters. The molecule has 4 unspecified atom stereocenters.